The summed E-state index contributed by atoms with van der Waals surface area (Å²) in [6.45, 7) is 4.41. The van der Waals surface area contributed by atoms with Gasteiger partial charge in [0.1, 0.15) is 0 Å². The maximum Gasteiger partial charge on any atom is 0.314 e. The minimum atomic E-state index is -0.298. The minimum Gasteiger partial charge on any atom is -0.351 e. The summed E-state index contributed by atoms with van der Waals surface area (Å²) in [5.41, 5.74) is 6.61. The van der Waals surface area contributed by atoms with Crippen LogP contribution in [0.3, 0.4) is 0 Å². The van der Waals surface area contributed by atoms with Crippen molar-refractivity contribution in [2.45, 2.75) is 6.42 Å². The third kappa shape index (κ3) is 3.46. The quantitative estimate of drug-likeness (QED) is 0.844. The van der Waals surface area contributed by atoms with E-state index >= 15 is 0 Å². The van der Waals surface area contributed by atoms with E-state index in [-0.39, 0.29) is 6.03 Å². The highest BCUT2D eigenvalue weighted by atomic mass is 16.2. The molecule has 0 bridgehead atoms. The average Bonchev–Trinajstić information content (AvgIpc) is 2.38. The summed E-state index contributed by atoms with van der Waals surface area (Å²) < 4.78 is 0. The molecule has 0 aliphatic carbocycles. The summed E-state index contributed by atoms with van der Waals surface area (Å²) in [4.78, 5) is 15.1. The Balaban J connectivity index is 1.74. The third-order valence-corrected chi connectivity index (χ3v) is 3.24. The molecule has 1 saturated heterocycles. The number of nitrogens with two attached hydrogens (primary N) is 1. The van der Waals surface area contributed by atoms with Gasteiger partial charge in [0, 0.05) is 32.7 Å². The molecule has 92 valence electrons. The van der Waals surface area contributed by atoms with Gasteiger partial charge in [0.05, 0.1) is 0 Å². The summed E-state index contributed by atoms with van der Waals surface area (Å²) in [6.07, 6.45) is 1.07. The Morgan fingerprint density at radius 1 is 1.12 bits per heavy atom. The maximum absolute atomic E-state index is 11.0. The Morgan fingerprint density at radius 2 is 1.76 bits per heavy atom. The molecule has 1 aromatic carbocycles. The fourth-order valence-electron chi connectivity index (χ4n) is 2.12. The summed E-state index contributed by atoms with van der Waals surface area (Å²) in [6, 6.07) is 10.2. The highest BCUT2D eigenvalue weighted by Gasteiger charge is 2.18. The summed E-state index contributed by atoms with van der Waals surface area (Å²) >= 11 is 0. The molecule has 1 aliphatic rings. The number of benzene rings is 1. The minimum absolute atomic E-state index is 0.298. The van der Waals surface area contributed by atoms with Gasteiger partial charge in [-0.3, -0.25) is 4.90 Å². The van der Waals surface area contributed by atoms with Crippen molar-refractivity contribution >= 4 is 6.03 Å². The Morgan fingerprint density at radius 3 is 2.35 bits per heavy atom. The molecule has 0 unspecified atom stereocenters. The van der Waals surface area contributed by atoms with Crippen LogP contribution in [0.25, 0.3) is 0 Å². The van der Waals surface area contributed by atoms with E-state index in [0.29, 0.717) is 0 Å². The fourth-order valence-corrected chi connectivity index (χ4v) is 2.12. The van der Waals surface area contributed by atoms with Crippen LogP contribution in [0.2, 0.25) is 0 Å². The van der Waals surface area contributed by atoms with Gasteiger partial charge < -0.3 is 10.6 Å². The smallest absolute Gasteiger partial charge is 0.314 e. The topological polar surface area (TPSA) is 49.6 Å². The first kappa shape index (κ1) is 11.9. The molecule has 1 heterocycles. The molecular formula is C13H19N3O. The highest BCUT2D eigenvalue weighted by Crippen LogP contribution is 2.05. The summed E-state index contributed by atoms with van der Waals surface area (Å²) in [5, 5.41) is 0. The Kier molecular flexibility index (Phi) is 3.98. The largest absolute Gasteiger partial charge is 0.351 e. The predicted molar refractivity (Wildman–Crippen MR) is 67.7 cm³/mol. The lowest BCUT2D eigenvalue weighted by molar-refractivity contribution is 0.146. The molecule has 4 nitrogen and oxygen atoms in total. The van der Waals surface area contributed by atoms with Gasteiger partial charge >= 0.3 is 6.03 Å². The Hall–Kier alpha value is -1.55. The molecule has 1 fully saturated rings. The van der Waals surface area contributed by atoms with E-state index in [9.17, 15) is 4.79 Å². The van der Waals surface area contributed by atoms with Gasteiger partial charge in [-0.2, -0.15) is 0 Å². The zero-order chi connectivity index (χ0) is 12.1. The second-order valence-electron chi connectivity index (χ2n) is 4.40. The summed E-state index contributed by atoms with van der Waals surface area (Å²) in [7, 11) is 0. The number of carbonyl (C=O) groups excluding carboxylic acids is 1. The van der Waals surface area contributed by atoms with Crippen LogP contribution in [0.4, 0.5) is 4.79 Å². The van der Waals surface area contributed by atoms with Gasteiger partial charge in [-0.15, -0.1) is 0 Å². The van der Waals surface area contributed by atoms with Gasteiger partial charge in [-0.25, -0.2) is 4.79 Å². The number of carbonyl (C=O) groups is 1. The van der Waals surface area contributed by atoms with E-state index in [1.807, 2.05) is 6.07 Å². The van der Waals surface area contributed by atoms with Gasteiger partial charge in [0.2, 0.25) is 0 Å². The maximum atomic E-state index is 11.0. The zero-order valence-electron chi connectivity index (χ0n) is 10.0. The van der Waals surface area contributed by atoms with E-state index in [2.05, 4.69) is 29.2 Å². The fraction of sp³-hybridized carbons (Fsp3) is 0.462. The number of urea groups is 1. The highest BCUT2D eigenvalue weighted by molar-refractivity contribution is 5.72. The standard InChI is InChI=1S/C13H19N3O/c14-13(17)16-10-8-15(9-11-16)7-6-12-4-2-1-3-5-12/h1-5H,6-11H2,(H2,14,17). The lowest BCUT2D eigenvalue weighted by atomic mass is 10.1. The van der Waals surface area contributed by atoms with Gasteiger partial charge in [0.15, 0.2) is 0 Å². The first-order valence-corrected chi connectivity index (χ1v) is 6.06. The van der Waals surface area contributed by atoms with E-state index in [4.69, 9.17) is 5.73 Å². The lowest BCUT2D eigenvalue weighted by Crippen LogP contribution is -2.50. The van der Waals surface area contributed by atoms with Crippen molar-refractivity contribution in [3.8, 4) is 0 Å². The van der Waals surface area contributed by atoms with E-state index in [1.54, 1.807) is 4.90 Å². The Bertz CT molecular complexity index is 358. The van der Waals surface area contributed by atoms with Crippen molar-refractivity contribution in [2.24, 2.45) is 5.73 Å². The number of amides is 2. The molecule has 0 saturated carbocycles. The molecule has 2 N–H and O–H groups in total. The molecule has 0 atom stereocenters. The molecule has 1 aromatic rings. The van der Waals surface area contributed by atoms with Crippen molar-refractivity contribution in [3.63, 3.8) is 0 Å². The van der Waals surface area contributed by atoms with Crippen molar-refractivity contribution in [1.82, 2.24) is 9.80 Å². The van der Waals surface area contributed by atoms with Crippen molar-refractivity contribution in [3.05, 3.63) is 35.9 Å². The number of piperazine rings is 1. The van der Waals surface area contributed by atoms with E-state index in [0.717, 1.165) is 39.1 Å². The second kappa shape index (κ2) is 5.68. The molecule has 1 aliphatic heterocycles. The van der Waals surface area contributed by atoms with Crippen LogP contribution in [0.15, 0.2) is 30.3 Å². The number of nitrogens with zero attached hydrogens (tertiary/aromatic N) is 2. The number of hydrogen-bond donors (Lipinski definition) is 1. The molecule has 0 radical (unpaired) electrons. The van der Waals surface area contributed by atoms with Crippen LogP contribution in [0.1, 0.15) is 5.56 Å². The first-order chi connectivity index (χ1) is 8.25. The molecule has 2 amide bonds. The molecule has 0 spiro atoms. The molecular weight excluding hydrogens is 214 g/mol. The number of primary amides is 1. The van der Waals surface area contributed by atoms with E-state index < -0.39 is 0 Å². The predicted octanol–water partition coefficient (Wildman–Crippen LogP) is 0.925. The van der Waals surface area contributed by atoms with Gasteiger partial charge in [0.25, 0.3) is 0 Å². The van der Waals surface area contributed by atoms with Crippen molar-refractivity contribution in [1.29, 1.82) is 0 Å². The Labute approximate surface area is 102 Å². The normalized spacial score (nSPS) is 17.1. The molecule has 2 rings (SSSR count). The van der Waals surface area contributed by atoms with Crippen LogP contribution in [0.5, 0.6) is 0 Å². The van der Waals surface area contributed by atoms with Crippen LogP contribution >= 0.6 is 0 Å². The lowest BCUT2D eigenvalue weighted by Gasteiger charge is -2.33. The second-order valence-corrected chi connectivity index (χ2v) is 4.40. The van der Waals surface area contributed by atoms with Crippen LogP contribution in [-0.2, 0) is 6.42 Å². The van der Waals surface area contributed by atoms with Crippen molar-refractivity contribution in [2.75, 3.05) is 32.7 Å². The molecule has 17 heavy (non-hydrogen) atoms. The van der Waals surface area contributed by atoms with Crippen LogP contribution in [0, 0.1) is 0 Å². The zero-order valence-corrected chi connectivity index (χ0v) is 10.0. The van der Waals surface area contributed by atoms with Crippen LogP contribution < -0.4 is 5.73 Å². The molecule has 0 aromatic heterocycles. The number of rotatable bonds is 3. The first-order valence-electron chi connectivity index (χ1n) is 6.06. The van der Waals surface area contributed by atoms with Crippen LogP contribution in [-0.4, -0.2) is 48.6 Å². The number of hydrogen-bond acceptors (Lipinski definition) is 2. The summed E-state index contributed by atoms with van der Waals surface area (Å²) in [5.74, 6) is 0. The monoisotopic (exact) mass is 233 g/mol. The van der Waals surface area contributed by atoms with Crippen molar-refractivity contribution < 1.29 is 4.79 Å². The van der Waals surface area contributed by atoms with Gasteiger partial charge in [-0.1, -0.05) is 30.3 Å². The SMILES string of the molecule is NC(=O)N1CCN(CCc2ccccc2)CC1. The third-order valence-electron chi connectivity index (χ3n) is 3.24. The average molecular weight is 233 g/mol. The van der Waals surface area contributed by atoms with Gasteiger partial charge in [-0.05, 0) is 12.0 Å². The van der Waals surface area contributed by atoms with E-state index in [1.165, 1.54) is 5.56 Å². The molecule has 4 heteroatoms.